The van der Waals surface area contributed by atoms with Gasteiger partial charge >= 0.3 is 12.0 Å². The predicted octanol–water partition coefficient (Wildman–Crippen LogP) is 0.252. The third-order valence-electron chi connectivity index (χ3n) is 3.12. The first-order valence-corrected chi connectivity index (χ1v) is 6.54. The highest BCUT2D eigenvalue weighted by molar-refractivity contribution is 5.80. The van der Waals surface area contributed by atoms with E-state index >= 15 is 0 Å². The molecular formula is C12H21N5O3. The number of nitrogens with zero attached hydrogens (tertiary/aromatic N) is 4. The third kappa shape index (κ3) is 4.52. The zero-order valence-electron chi connectivity index (χ0n) is 12.0. The minimum atomic E-state index is -1.02. The molecule has 0 spiro atoms. The van der Waals surface area contributed by atoms with Gasteiger partial charge in [0.25, 0.3) is 0 Å². The van der Waals surface area contributed by atoms with Crippen LogP contribution in [0.1, 0.15) is 26.1 Å². The second-order valence-electron chi connectivity index (χ2n) is 4.62. The van der Waals surface area contributed by atoms with Crippen molar-refractivity contribution in [1.82, 2.24) is 25.0 Å². The van der Waals surface area contributed by atoms with Crippen molar-refractivity contribution < 1.29 is 14.7 Å². The van der Waals surface area contributed by atoms with Gasteiger partial charge in [0, 0.05) is 26.1 Å². The van der Waals surface area contributed by atoms with Crippen molar-refractivity contribution in [2.75, 3.05) is 13.1 Å². The maximum Gasteiger partial charge on any atom is 0.323 e. The lowest BCUT2D eigenvalue weighted by molar-refractivity contribution is -0.138. The van der Waals surface area contributed by atoms with E-state index in [1.807, 2.05) is 20.9 Å². The van der Waals surface area contributed by atoms with E-state index in [4.69, 9.17) is 5.11 Å². The van der Waals surface area contributed by atoms with E-state index in [0.29, 0.717) is 19.4 Å². The Hall–Kier alpha value is -2.12. The van der Waals surface area contributed by atoms with Crippen LogP contribution in [0.4, 0.5) is 4.79 Å². The van der Waals surface area contributed by atoms with Gasteiger partial charge in [0.15, 0.2) is 0 Å². The number of nitrogens with one attached hydrogen (secondary N) is 1. The summed E-state index contributed by atoms with van der Waals surface area (Å²) in [4.78, 5) is 24.1. The second kappa shape index (κ2) is 7.46. The van der Waals surface area contributed by atoms with E-state index < -0.39 is 5.97 Å². The van der Waals surface area contributed by atoms with Crippen molar-refractivity contribution in [3.63, 3.8) is 0 Å². The SMILES string of the molecule is CCC(C)N(CC(=O)O)C(=O)NCCc1nncn1C. The van der Waals surface area contributed by atoms with Crippen LogP contribution in [0.3, 0.4) is 0 Å². The number of rotatable bonds is 7. The Morgan fingerprint density at radius 2 is 2.25 bits per heavy atom. The van der Waals surface area contributed by atoms with E-state index in [1.165, 1.54) is 4.90 Å². The molecule has 1 aromatic heterocycles. The van der Waals surface area contributed by atoms with Crippen LogP contribution < -0.4 is 5.32 Å². The minimum absolute atomic E-state index is 0.124. The molecule has 0 bridgehead atoms. The summed E-state index contributed by atoms with van der Waals surface area (Å²) in [5.41, 5.74) is 0. The molecule has 1 unspecified atom stereocenters. The molecule has 0 fully saturated rings. The fraction of sp³-hybridized carbons (Fsp3) is 0.667. The Kier molecular flexibility index (Phi) is 5.95. The highest BCUT2D eigenvalue weighted by atomic mass is 16.4. The number of aromatic nitrogens is 3. The molecule has 8 nitrogen and oxygen atoms in total. The molecule has 8 heteroatoms. The highest BCUT2D eigenvalue weighted by Crippen LogP contribution is 2.03. The standard InChI is InChI=1S/C12H21N5O3/c1-4-9(2)17(7-11(18)19)12(20)13-6-5-10-15-14-8-16(10)3/h8-9H,4-7H2,1-3H3,(H,13,20)(H,18,19). The number of carbonyl (C=O) groups excluding carboxylic acids is 1. The molecule has 0 saturated carbocycles. The van der Waals surface area contributed by atoms with Gasteiger partial charge in [-0.2, -0.15) is 0 Å². The summed E-state index contributed by atoms with van der Waals surface area (Å²) in [6.07, 6.45) is 2.83. The molecular weight excluding hydrogens is 262 g/mol. The Bertz CT molecular complexity index is 460. The molecule has 0 aromatic carbocycles. The summed E-state index contributed by atoms with van der Waals surface area (Å²) in [5.74, 6) is -0.257. The topological polar surface area (TPSA) is 100 Å². The van der Waals surface area contributed by atoms with Crippen LogP contribution in [0.15, 0.2) is 6.33 Å². The largest absolute Gasteiger partial charge is 0.480 e. The third-order valence-corrected chi connectivity index (χ3v) is 3.12. The molecule has 2 amide bonds. The van der Waals surface area contributed by atoms with E-state index in [2.05, 4.69) is 15.5 Å². The van der Waals surface area contributed by atoms with Gasteiger partial charge in [-0.25, -0.2) is 4.79 Å². The van der Waals surface area contributed by atoms with Crippen molar-refractivity contribution in [2.24, 2.45) is 7.05 Å². The van der Waals surface area contributed by atoms with Gasteiger partial charge in [0.2, 0.25) is 0 Å². The van der Waals surface area contributed by atoms with Crippen LogP contribution in [-0.2, 0) is 18.3 Å². The normalized spacial score (nSPS) is 11.9. The van der Waals surface area contributed by atoms with Crippen molar-refractivity contribution in [1.29, 1.82) is 0 Å². The van der Waals surface area contributed by atoms with Crippen LogP contribution in [0.25, 0.3) is 0 Å². The molecule has 0 aliphatic carbocycles. The number of hydrogen-bond acceptors (Lipinski definition) is 4. The summed E-state index contributed by atoms with van der Waals surface area (Å²) in [5, 5.41) is 19.2. The Morgan fingerprint density at radius 1 is 1.55 bits per heavy atom. The first-order chi connectivity index (χ1) is 9.45. The lowest BCUT2D eigenvalue weighted by atomic mass is 10.2. The molecule has 112 valence electrons. The van der Waals surface area contributed by atoms with E-state index in [0.717, 1.165) is 5.82 Å². The van der Waals surface area contributed by atoms with Gasteiger partial charge in [-0.1, -0.05) is 6.92 Å². The summed E-state index contributed by atoms with van der Waals surface area (Å²) >= 11 is 0. The van der Waals surface area contributed by atoms with Gasteiger partial charge in [-0.15, -0.1) is 10.2 Å². The minimum Gasteiger partial charge on any atom is -0.480 e. The molecule has 1 heterocycles. The summed E-state index contributed by atoms with van der Waals surface area (Å²) in [6.45, 7) is 3.82. The number of carboxylic acids is 1. The van der Waals surface area contributed by atoms with Gasteiger partial charge in [-0.3, -0.25) is 4.79 Å². The monoisotopic (exact) mass is 283 g/mol. The van der Waals surface area contributed by atoms with Crippen LogP contribution in [0, 0.1) is 0 Å². The molecule has 20 heavy (non-hydrogen) atoms. The predicted molar refractivity (Wildman–Crippen MR) is 72.2 cm³/mol. The average Bonchev–Trinajstić information content (AvgIpc) is 2.80. The lowest BCUT2D eigenvalue weighted by Crippen LogP contribution is -2.47. The fourth-order valence-corrected chi connectivity index (χ4v) is 1.71. The maximum absolute atomic E-state index is 12.0. The van der Waals surface area contributed by atoms with Gasteiger partial charge in [0.05, 0.1) is 0 Å². The van der Waals surface area contributed by atoms with Crippen molar-refractivity contribution in [3.8, 4) is 0 Å². The number of hydrogen-bond donors (Lipinski definition) is 2. The lowest BCUT2D eigenvalue weighted by Gasteiger charge is -2.27. The molecule has 0 aliphatic heterocycles. The molecule has 1 aromatic rings. The van der Waals surface area contributed by atoms with Crippen molar-refractivity contribution in [3.05, 3.63) is 12.2 Å². The number of aryl methyl sites for hydroxylation is 1. The Labute approximate surface area is 117 Å². The molecule has 0 aliphatic rings. The van der Waals surface area contributed by atoms with Gasteiger partial charge < -0.3 is 19.9 Å². The second-order valence-corrected chi connectivity index (χ2v) is 4.62. The molecule has 2 N–H and O–H groups in total. The number of aliphatic carboxylic acids is 1. The van der Waals surface area contributed by atoms with Crippen LogP contribution in [-0.4, -0.2) is 55.9 Å². The van der Waals surface area contributed by atoms with Crippen LogP contribution >= 0.6 is 0 Å². The quantitative estimate of drug-likeness (QED) is 0.747. The fourth-order valence-electron chi connectivity index (χ4n) is 1.71. The first kappa shape index (κ1) is 15.9. The molecule has 1 rings (SSSR count). The zero-order valence-corrected chi connectivity index (χ0v) is 12.0. The van der Waals surface area contributed by atoms with E-state index in [1.54, 1.807) is 10.9 Å². The summed E-state index contributed by atoms with van der Waals surface area (Å²) in [7, 11) is 1.83. The molecule has 0 saturated heterocycles. The van der Waals surface area contributed by atoms with E-state index in [9.17, 15) is 9.59 Å². The number of urea groups is 1. The first-order valence-electron chi connectivity index (χ1n) is 6.54. The molecule has 1 atom stereocenters. The number of carbonyl (C=O) groups is 2. The van der Waals surface area contributed by atoms with Crippen LogP contribution in [0.5, 0.6) is 0 Å². The number of carboxylic acid groups (broad SMARTS) is 1. The average molecular weight is 283 g/mol. The van der Waals surface area contributed by atoms with Crippen molar-refractivity contribution >= 4 is 12.0 Å². The molecule has 0 radical (unpaired) electrons. The summed E-state index contributed by atoms with van der Waals surface area (Å²) < 4.78 is 1.77. The zero-order chi connectivity index (χ0) is 15.1. The number of amides is 2. The van der Waals surface area contributed by atoms with E-state index in [-0.39, 0.29) is 18.6 Å². The van der Waals surface area contributed by atoms with Crippen molar-refractivity contribution in [2.45, 2.75) is 32.7 Å². The highest BCUT2D eigenvalue weighted by Gasteiger charge is 2.21. The summed E-state index contributed by atoms with van der Waals surface area (Å²) in [6, 6.07) is -0.496. The Balaban J connectivity index is 2.49. The van der Waals surface area contributed by atoms with Crippen LogP contribution in [0.2, 0.25) is 0 Å². The van der Waals surface area contributed by atoms with Gasteiger partial charge in [0.1, 0.15) is 18.7 Å². The maximum atomic E-state index is 12.0. The smallest absolute Gasteiger partial charge is 0.323 e. The van der Waals surface area contributed by atoms with Gasteiger partial charge in [-0.05, 0) is 13.3 Å². The Morgan fingerprint density at radius 3 is 2.75 bits per heavy atom.